The molecule has 5 aromatic rings. The molecule has 0 fully saturated rings. The Morgan fingerprint density at radius 2 is 1.64 bits per heavy atom. The standard InChI is InChI=1S/C19H17N9/c1-11-21-17(20)25-18(22-11)28-15-10-6-4-8-13(15)23-19(28)24-16-12-7-3-5-9-14(12)27(2)26-16/h3-10H,1-2H3,(H,23,24,26)(H2,20,21,22,25). The van der Waals surface area contributed by atoms with E-state index in [-0.39, 0.29) is 5.95 Å². The molecule has 0 aliphatic rings. The minimum absolute atomic E-state index is 0.162. The number of para-hydroxylation sites is 3. The number of nitrogens with two attached hydrogens (primary N) is 1. The van der Waals surface area contributed by atoms with E-state index in [1.165, 1.54) is 0 Å². The number of anilines is 3. The molecule has 0 unspecified atom stereocenters. The third-order valence-corrected chi connectivity index (χ3v) is 4.50. The van der Waals surface area contributed by atoms with Crippen LogP contribution in [0.1, 0.15) is 5.82 Å². The highest BCUT2D eigenvalue weighted by molar-refractivity contribution is 5.92. The van der Waals surface area contributed by atoms with Crippen LogP contribution in [0.2, 0.25) is 0 Å². The van der Waals surface area contributed by atoms with Crippen molar-refractivity contribution in [2.24, 2.45) is 7.05 Å². The van der Waals surface area contributed by atoms with Gasteiger partial charge in [0.05, 0.1) is 16.6 Å². The molecule has 0 atom stereocenters. The summed E-state index contributed by atoms with van der Waals surface area (Å²) in [6.45, 7) is 1.78. The summed E-state index contributed by atoms with van der Waals surface area (Å²) in [4.78, 5) is 17.5. The van der Waals surface area contributed by atoms with E-state index in [0.29, 0.717) is 23.5 Å². The second-order valence-electron chi connectivity index (χ2n) is 6.41. The molecule has 3 aromatic heterocycles. The Morgan fingerprint density at radius 3 is 2.46 bits per heavy atom. The van der Waals surface area contributed by atoms with Gasteiger partial charge in [0.2, 0.25) is 17.8 Å². The second kappa shape index (κ2) is 6.02. The summed E-state index contributed by atoms with van der Waals surface area (Å²) in [7, 11) is 1.91. The zero-order valence-electron chi connectivity index (χ0n) is 15.3. The Morgan fingerprint density at radius 1 is 0.893 bits per heavy atom. The molecular weight excluding hydrogens is 354 g/mol. The zero-order chi connectivity index (χ0) is 19.3. The van der Waals surface area contributed by atoms with Crippen LogP contribution in [-0.4, -0.2) is 34.3 Å². The fraction of sp³-hybridized carbons (Fsp3) is 0.105. The number of nitrogens with zero attached hydrogens (tertiary/aromatic N) is 7. The molecule has 28 heavy (non-hydrogen) atoms. The van der Waals surface area contributed by atoms with Crippen LogP contribution in [0, 0.1) is 6.92 Å². The van der Waals surface area contributed by atoms with Crippen molar-refractivity contribution in [3.63, 3.8) is 0 Å². The largest absolute Gasteiger partial charge is 0.368 e. The molecule has 2 aromatic carbocycles. The maximum atomic E-state index is 5.86. The van der Waals surface area contributed by atoms with E-state index < -0.39 is 0 Å². The second-order valence-corrected chi connectivity index (χ2v) is 6.41. The lowest BCUT2D eigenvalue weighted by Crippen LogP contribution is -2.10. The molecule has 0 saturated carbocycles. The van der Waals surface area contributed by atoms with Crippen molar-refractivity contribution in [3.8, 4) is 5.95 Å². The first-order valence-electron chi connectivity index (χ1n) is 8.75. The summed E-state index contributed by atoms with van der Waals surface area (Å²) in [6.07, 6.45) is 0. The minimum atomic E-state index is 0.162. The minimum Gasteiger partial charge on any atom is -0.368 e. The first-order chi connectivity index (χ1) is 13.6. The first-order valence-corrected chi connectivity index (χ1v) is 8.75. The lowest BCUT2D eigenvalue weighted by Gasteiger charge is -2.09. The molecule has 3 N–H and O–H groups in total. The summed E-state index contributed by atoms with van der Waals surface area (Å²) < 4.78 is 3.65. The highest BCUT2D eigenvalue weighted by Crippen LogP contribution is 2.28. The zero-order valence-corrected chi connectivity index (χ0v) is 15.3. The van der Waals surface area contributed by atoms with Gasteiger partial charge in [0.25, 0.3) is 0 Å². The summed E-state index contributed by atoms with van der Waals surface area (Å²) in [5, 5.41) is 8.94. The molecule has 0 amide bonds. The van der Waals surface area contributed by atoms with Crippen LogP contribution in [0.3, 0.4) is 0 Å². The molecule has 5 rings (SSSR count). The Hall–Kier alpha value is -4.01. The topological polar surface area (TPSA) is 112 Å². The van der Waals surface area contributed by atoms with Gasteiger partial charge in [-0.1, -0.05) is 24.3 Å². The molecule has 0 aliphatic heterocycles. The number of hydrogen-bond acceptors (Lipinski definition) is 7. The SMILES string of the molecule is Cc1nc(N)nc(-n2c(Nc3nn(C)c4ccccc34)nc3ccccc32)n1. The van der Waals surface area contributed by atoms with Crippen LogP contribution in [-0.2, 0) is 7.05 Å². The van der Waals surface area contributed by atoms with E-state index in [9.17, 15) is 0 Å². The van der Waals surface area contributed by atoms with Crippen molar-refractivity contribution in [2.75, 3.05) is 11.1 Å². The predicted molar refractivity (Wildman–Crippen MR) is 108 cm³/mol. The van der Waals surface area contributed by atoms with Gasteiger partial charge in [-0.05, 0) is 31.2 Å². The van der Waals surface area contributed by atoms with Crippen LogP contribution < -0.4 is 11.1 Å². The van der Waals surface area contributed by atoms with E-state index in [1.807, 2.05) is 64.8 Å². The molecule has 0 radical (unpaired) electrons. The van der Waals surface area contributed by atoms with Gasteiger partial charge in [0, 0.05) is 12.4 Å². The molecule has 0 bridgehead atoms. The number of nitrogen functional groups attached to an aromatic ring is 1. The van der Waals surface area contributed by atoms with E-state index in [1.54, 1.807) is 6.92 Å². The highest BCUT2D eigenvalue weighted by atomic mass is 15.4. The summed E-state index contributed by atoms with van der Waals surface area (Å²) in [5.41, 5.74) is 8.54. The van der Waals surface area contributed by atoms with E-state index >= 15 is 0 Å². The van der Waals surface area contributed by atoms with E-state index in [4.69, 9.17) is 10.7 Å². The van der Waals surface area contributed by atoms with Crippen LogP contribution in [0.5, 0.6) is 0 Å². The van der Waals surface area contributed by atoms with Gasteiger partial charge in [-0.3, -0.25) is 4.68 Å². The van der Waals surface area contributed by atoms with Crippen molar-refractivity contribution in [1.82, 2.24) is 34.3 Å². The van der Waals surface area contributed by atoms with Crippen molar-refractivity contribution >= 4 is 39.7 Å². The van der Waals surface area contributed by atoms with Crippen molar-refractivity contribution in [3.05, 3.63) is 54.4 Å². The smallest absolute Gasteiger partial charge is 0.242 e. The summed E-state index contributed by atoms with van der Waals surface area (Å²) >= 11 is 0. The quantitative estimate of drug-likeness (QED) is 0.501. The van der Waals surface area contributed by atoms with Gasteiger partial charge >= 0.3 is 0 Å². The average molecular weight is 371 g/mol. The van der Waals surface area contributed by atoms with Crippen molar-refractivity contribution in [2.45, 2.75) is 6.92 Å². The molecule has 0 aliphatic carbocycles. The van der Waals surface area contributed by atoms with Crippen LogP contribution in [0.25, 0.3) is 27.9 Å². The maximum absolute atomic E-state index is 5.86. The van der Waals surface area contributed by atoms with Gasteiger partial charge in [0.15, 0.2) is 5.82 Å². The van der Waals surface area contributed by atoms with Gasteiger partial charge < -0.3 is 11.1 Å². The lowest BCUT2D eigenvalue weighted by molar-refractivity contribution is 0.799. The number of fused-ring (bicyclic) bond motifs is 2. The highest BCUT2D eigenvalue weighted by Gasteiger charge is 2.18. The Balaban J connectivity index is 1.73. The molecular formula is C19H17N9. The Bertz CT molecular complexity index is 1310. The van der Waals surface area contributed by atoms with Crippen molar-refractivity contribution in [1.29, 1.82) is 0 Å². The molecule has 9 nitrogen and oxygen atoms in total. The first kappa shape index (κ1) is 16.2. The number of hydrogen-bond donors (Lipinski definition) is 2. The maximum Gasteiger partial charge on any atom is 0.242 e. The number of nitrogens with one attached hydrogen (secondary N) is 1. The number of benzene rings is 2. The van der Waals surface area contributed by atoms with E-state index in [2.05, 4.69) is 25.4 Å². The van der Waals surface area contributed by atoms with E-state index in [0.717, 1.165) is 21.9 Å². The third kappa shape index (κ3) is 2.52. The van der Waals surface area contributed by atoms with Crippen LogP contribution >= 0.6 is 0 Å². The van der Waals surface area contributed by atoms with Crippen molar-refractivity contribution < 1.29 is 0 Å². The fourth-order valence-electron chi connectivity index (χ4n) is 3.31. The molecule has 3 heterocycles. The van der Waals surface area contributed by atoms with Gasteiger partial charge in [-0.2, -0.15) is 20.1 Å². The fourth-order valence-corrected chi connectivity index (χ4v) is 3.31. The van der Waals surface area contributed by atoms with Crippen LogP contribution in [0.15, 0.2) is 48.5 Å². The van der Waals surface area contributed by atoms with Gasteiger partial charge in [0.1, 0.15) is 5.82 Å². The number of rotatable bonds is 3. The molecule has 9 heteroatoms. The lowest BCUT2D eigenvalue weighted by atomic mass is 10.2. The average Bonchev–Trinajstić information content (AvgIpc) is 3.19. The Labute approximate surface area is 159 Å². The summed E-state index contributed by atoms with van der Waals surface area (Å²) in [5.74, 6) is 2.36. The summed E-state index contributed by atoms with van der Waals surface area (Å²) in [6, 6.07) is 15.8. The van der Waals surface area contributed by atoms with Gasteiger partial charge in [-0.25, -0.2) is 9.55 Å². The number of imidazole rings is 1. The molecule has 0 spiro atoms. The Kier molecular flexibility index (Phi) is 3.48. The molecule has 0 saturated heterocycles. The molecule has 138 valence electrons. The normalized spacial score (nSPS) is 11.4. The third-order valence-electron chi connectivity index (χ3n) is 4.50. The monoisotopic (exact) mass is 371 g/mol. The predicted octanol–water partition coefficient (Wildman–Crippen LogP) is 2.73. The number of aromatic nitrogens is 7. The van der Waals surface area contributed by atoms with Crippen LogP contribution in [0.4, 0.5) is 17.7 Å². The number of aryl methyl sites for hydroxylation is 2. The van der Waals surface area contributed by atoms with Gasteiger partial charge in [-0.15, -0.1) is 0 Å².